The van der Waals surface area contributed by atoms with E-state index in [2.05, 4.69) is 0 Å². The van der Waals surface area contributed by atoms with Crippen molar-refractivity contribution in [1.29, 1.82) is 0 Å². The van der Waals surface area contributed by atoms with Gasteiger partial charge in [-0.3, -0.25) is 9.59 Å². The van der Waals surface area contributed by atoms with E-state index in [1.54, 1.807) is 36.0 Å². The first-order valence-corrected chi connectivity index (χ1v) is 7.73. The topological polar surface area (TPSA) is 49.9 Å². The number of nitrogens with zero attached hydrogens (tertiary/aromatic N) is 2. The maximum atomic E-state index is 12.2. The van der Waals surface area contributed by atoms with E-state index in [-0.39, 0.29) is 24.3 Å². The highest BCUT2D eigenvalue weighted by Gasteiger charge is 2.28. The van der Waals surface area contributed by atoms with Crippen LogP contribution in [0.15, 0.2) is 24.3 Å². The summed E-state index contributed by atoms with van der Waals surface area (Å²) in [6.07, 6.45) is 1.41. The molecule has 0 N–H and O–H groups in total. The molecule has 0 bridgehead atoms. The van der Waals surface area contributed by atoms with E-state index in [1.807, 2.05) is 12.1 Å². The van der Waals surface area contributed by atoms with Gasteiger partial charge in [0.05, 0.1) is 5.02 Å². The van der Waals surface area contributed by atoms with Crippen LogP contribution < -0.4 is 4.74 Å². The molecule has 0 aliphatic carbocycles. The van der Waals surface area contributed by atoms with Gasteiger partial charge in [0.1, 0.15) is 5.75 Å². The number of likely N-dealkylation sites (tertiary alicyclic amines) is 1. The summed E-state index contributed by atoms with van der Waals surface area (Å²) in [6, 6.07) is 7.07. The summed E-state index contributed by atoms with van der Waals surface area (Å²) in [7, 11) is 3.52. The summed E-state index contributed by atoms with van der Waals surface area (Å²) in [5, 5.41) is 0.491. The van der Waals surface area contributed by atoms with Gasteiger partial charge in [-0.05, 0) is 25.0 Å². The minimum absolute atomic E-state index is 0.0172. The Balaban J connectivity index is 1.80. The number of benzene rings is 1. The lowest BCUT2D eigenvalue weighted by molar-refractivity contribution is -0.140. The van der Waals surface area contributed by atoms with Crippen LogP contribution in [-0.4, -0.2) is 55.4 Å². The number of piperidine rings is 1. The normalized spacial score (nSPS) is 15.5. The highest BCUT2D eigenvalue weighted by atomic mass is 35.5. The van der Waals surface area contributed by atoms with Crippen LogP contribution in [0, 0.1) is 5.92 Å². The zero-order chi connectivity index (χ0) is 16.1. The number of hydrogen-bond donors (Lipinski definition) is 0. The molecule has 0 radical (unpaired) electrons. The first-order valence-electron chi connectivity index (χ1n) is 7.35. The van der Waals surface area contributed by atoms with Gasteiger partial charge in [-0.15, -0.1) is 0 Å². The maximum Gasteiger partial charge on any atom is 0.260 e. The molecule has 1 aromatic carbocycles. The van der Waals surface area contributed by atoms with Crippen molar-refractivity contribution in [3.05, 3.63) is 29.3 Å². The molecule has 1 saturated heterocycles. The van der Waals surface area contributed by atoms with Gasteiger partial charge in [0.25, 0.3) is 5.91 Å². The van der Waals surface area contributed by atoms with Crippen molar-refractivity contribution in [2.45, 2.75) is 12.8 Å². The third-order valence-electron chi connectivity index (χ3n) is 3.83. The van der Waals surface area contributed by atoms with Crippen molar-refractivity contribution in [3.63, 3.8) is 0 Å². The lowest BCUT2D eigenvalue weighted by Crippen LogP contribution is -2.44. The number of ether oxygens (including phenoxy) is 1. The molecule has 0 spiro atoms. The Labute approximate surface area is 135 Å². The van der Waals surface area contributed by atoms with Gasteiger partial charge >= 0.3 is 0 Å². The number of hydrogen-bond acceptors (Lipinski definition) is 3. The lowest BCUT2D eigenvalue weighted by Gasteiger charge is -2.32. The van der Waals surface area contributed by atoms with Gasteiger partial charge in [-0.2, -0.15) is 0 Å². The summed E-state index contributed by atoms with van der Waals surface area (Å²) in [5.74, 6) is 0.591. The smallest absolute Gasteiger partial charge is 0.260 e. The third kappa shape index (κ3) is 4.13. The van der Waals surface area contributed by atoms with Crippen molar-refractivity contribution in [2.75, 3.05) is 33.8 Å². The minimum Gasteiger partial charge on any atom is -0.482 e. The predicted octanol–water partition coefficient (Wildman–Crippen LogP) is 2.05. The largest absolute Gasteiger partial charge is 0.482 e. The van der Waals surface area contributed by atoms with Crippen LogP contribution in [0.4, 0.5) is 0 Å². The molecule has 120 valence electrons. The zero-order valence-corrected chi connectivity index (χ0v) is 13.7. The molecule has 1 aromatic rings. The first kappa shape index (κ1) is 16.6. The number of halogens is 1. The Morgan fingerprint density at radius 2 is 1.91 bits per heavy atom. The second kappa shape index (κ2) is 7.49. The number of para-hydroxylation sites is 1. The summed E-state index contributed by atoms with van der Waals surface area (Å²) in [4.78, 5) is 27.4. The fraction of sp³-hybridized carbons (Fsp3) is 0.500. The van der Waals surface area contributed by atoms with Gasteiger partial charge in [-0.25, -0.2) is 0 Å². The van der Waals surface area contributed by atoms with E-state index in [1.165, 1.54) is 0 Å². The molecule has 0 saturated carbocycles. The lowest BCUT2D eigenvalue weighted by atomic mass is 9.95. The van der Waals surface area contributed by atoms with Crippen molar-refractivity contribution in [2.24, 2.45) is 5.92 Å². The van der Waals surface area contributed by atoms with E-state index < -0.39 is 0 Å². The van der Waals surface area contributed by atoms with E-state index >= 15 is 0 Å². The fourth-order valence-corrected chi connectivity index (χ4v) is 2.72. The molecular weight excluding hydrogens is 304 g/mol. The summed E-state index contributed by atoms with van der Waals surface area (Å²) in [5.41, 5.74) is 0. The summed E-state index contributed by atoms with van der Waals surface area (Å²) < 4.78 is 5.47. The number of amides is 2. The molecular formula is C16H21ClN2O3. The number of rotatable bonds is 4. The van der Waals surface area contributed by atoms with Crippen LogP contribution in [-0.2, 0) is 9.59 Å². The van der Waals surface area contributed by atoms with E-state index in [4.69, 9.17) is 16.3 Å². The first-order chi connectivity index (χ1) is 10.5. The van der Waals surface area contributed by atoms with Gasteiger partial charge in [0.15, 0.2) is 6.61 Å². The molecule has 1 heterocycles. The maximum absolute atomic E-state index is 12.2. The predicted molar refractivity (Wildman–Crippen MR) is 84.9 cm³/mol. The average Bonchev–Trinajstić information content (AvgIpc) is 2.53. The van der Waals surface area contributed by atoms with Gasteiger partial charge < -0.3 is 14.5 Å². The Morgan fingerprint density at radius 1 is 1.27 bits per heavy atom. The minimum atomic E-state index is -0.0735. The molecule has 0 atom stereocenters. The zero-order valence-electron chi connectivity index (χ0n) is 12.9. The van der Waals surface area contributed by atoms with Crippen LogP contribution >= 0.6 is 11.6 Å². The molecule has 0 unspecified atom stereocenters. The quantitative estimate of drug-likeness (QED) is 0.851. The van der Waals surface area contributed by atoms with Crippen LogP contribution in [0.2, 0.25) is 5.02 Å². The van der Waals surface area contributed by atoms with Crippen molar-refractivity contribution in [3.8, 4) is 5.75 Å². The molecule has 1 aliphatic rings. The number of carbonyl (C=O) groups is 2. The molecule has 5 nitrogen and oxygen atoms in total. The highest BCUT2D eigenvalue weighted by Crippen LogP contribution is 2.23. The summed E-state index contributed by atoms with van der Waals surface area (Å²) in [6.45, 7) is 1.15. The monoisotopic (exact) mass is 324 g/mol. The van der Waals surface area contributed by atoms with E-state index in [0.717, 1.165) is 0 Å². The molecule has 0 aromatic heterocycles. The average molecular weight is 325 g/mol. The summed E-state index contributed by atoms with van der Waals surface area (Å²) >= 11 is 5.99. The third-order valence-corrected chi connectivity index (χ3v) is 4.14. The van der Waals surface area contributed by atoms with Crippen molar-refractivity contribution >= 4 is 23.4 Å². The van der Waals surface area contributed by atoms with Crippen LogP contribution in [0.5, 0.6) is 5.75 Å². The molecule has 22 heavy (non-hydrogen) atoms. The van der Waals surface area contributed by atoms with Crippen molar-refractivity contribution in [1.82, 2.24) is 9.80 Å². The second-order valence-corrected chi connectivity index (χ2v) is 6.01. The van der Waals surface area contributed by atoms with Gasteiger partial charge in [0, 0.05) is 33.1 Å². The molecule has 6 heteroatoms. The standard InChI is InChI=1S/C16H21ClN2O3/c1-18(2)16(21)12-7-9-19(10-8-12)15(20)11-22-14-6-4-3-5-13(14)17/h3-6,12H,7-11H2,1-2H3. The van der Waals surface area contributed by atoms with E-state index in [0.29, 0.717) is 36.7 Å². The van der Waals surface area contributed by atoms with Crippen LogP contribution in [0.3, 0.4) is 0 Å². The number of carbonyl (C=O) groups excluding carboxylic acids is 2. The van der Waals surface area contributed by atoms with Crippen LogP contribution in [0.1, 0.15) is 12.8 Å². The van der Waals surface area contributed by atoms with Crippen molar-refractivity contribution < 1.29 is 14.3 Å². The second-order valence-electron chi connectivity index (χ2n) is 5.61. The fourth-order valence-electron chi connectivity index (χ4n) is 2.53. The van der Waals surface area contributed by atoms with Crippen LogP contribution in [0.25, 0.3) is 0 Å². The Morgan fingerprint density at radius 3 is 2.50 bits per heavy atom. The molecule has 1 fully saturated rings. The molecule has 1 aliphatic heterocycles. The van der Waals surface area contributed by atoms with E-state index in [9.17, 15) is 9.59 Å². The highest BCUT2D eigenvalue weighted by molar-refractivity contribution is 6.32. The van der Waals surface area contributed by atoms with Gasteiger partial charge in [-0.1, -0.05) is 23.7 Å². The molecule has 2 rings (SSSR count). The molecule has 2 amide bonds. The Bertz CT molecular complexity index is 540. The Kier molecular flexibility index (Phi) is 5.66. The SMILES string of the molecule is CN(C)C(=O)C1CCN(C(=O)COc2ccccc2Cl)CC1. The van der Waals surface area contributed by atoms with Gasteiger partial charge in [0.2, 0.25) is 5.91 Å². The Hall–Kier alpha value is -1.75.